The first-order valence-electron chi connectivity index (χ1n) is 6.60. The Morgan fingerprint density at radius 3 is 3.00 bits per heavy atom. The van der Waals surface area contributed by atoms with Gasteiger partial charge in [-0.15, -0.1) is 0 Å². The summed E-state index contributed by atoms with van der Waals surface area (Å²) in [5, 5.41) is 0.931. The van der Waals surface area contributed by atoms with Gasteiger partial charge < -0.3 is 15.3 Å². The lowest BCUT2D eigenvalue weighted by Crippen LogP contribution is -2.42. The number of nitrogens with two attached hydrogens (primary N) is 1. The van der Waals surface area contributed by atoms with Crippen molar-refractivity contribution in [2.24, 2.45) is 5.84 Å². The maximum atomic E-state index is 12.2. The highest BCUT2D eigenvalue weighted by Crippen LogP contribution is 2.25. The van der Waals surface area contributed by atoms with Crippen LogP contribution in [0, 0.1) is 0 Å². The van der Waals surface area contributed by atoms with Gasteiger partial charge in [0.05, 0.1) is 5.56 Å². The van der Waals surface area contributed by atoms with Crippen molar-refractivity contribution in [2.75, 3.05) is 13.1 Å². The van der Waals surface area contributed by atoms with E-state index in [1.54, 1.807) is 12.4 Å². The van der Waals surface area contributed by atoms with Gasteiger partial charge in [0.1, 0.15) is 5.65 Å². The second-order valence-corrected chi connectivity index (χ2v) is 4.96. The molecule has 0 radical (unpaired) electrons. The van der Waals surface area contributed by atoms with Crippen LogP contribution in [-0.4, -0.2) is 33.9 Å². The van der Waals surface area contributed by atoms with E-state index >= 15 is 0 Å². The van der Waals surface area contributed by atoms with Crippen LogP contribution in [0.4, 0.5) is 0 Å². The van der Waals surface area contributed by atoms with Crippen molar-refractivity contribution in [3.05, 3.63) is 35.8 Å². The number of aromatic nitrogens is 2. The lowest BCUT2D eigenvalue weighted by molar-refractivity contribution is 0.0651. The van der Waals surface area contributed by atoms with E-state index in [1.807, 2.05) is 24.1 Å². The molecule has 0 saturated carbocycles. The zero-order chi connectivity index (χ0) is 14.1. The largest absolute Gasteiger partial charge is 0.346 e. The molecule has 0 bridgehead atoms. The molecule has 0 aliphatic carbocycles. The molecule has 1 saturated heterocycles. The highest BCUT2D eigenvalue weighted by molar-refractivity contribution is 5.99. The van der Waals surface area contributed by atoms with E-state index in [4.69, 9.17) is 5.84 Å². The van der Waals surface area contributed by atoms with Crippen molar-refractivity contribution in [1.82, 2.24) is 20.3 Å². The van der Waals surface area contributed by atoms with Crippen LogP contribution < -0.4 is 11.3 Å². The summed E-state index contributed by atoms with van der Waals surface area (Å²) in [6.07, 6.45) is 6.30. The molecule has 4 N–H and O–H groups in total. The zero-order valence-electron chi connectivity index (χ0n) is 11.3. The van der Waals surface area contributed by atoms with Gasteiger partial charge >= 0.3 is 0 Å². The van der Waals surface area contributed by atoms with Crippen molar-refractivity contribution in [3.8, 4) is 0 Å². The minimum absolute atomic E-state index is 0.0522. The number of nitrogens with zero attached hydrogens (tertiary/aromatic N) is 2. The highest BCUT2D eigenvalue weighted by Gasteiger charge is 2.22. The normalized spacial score (nSPS) is 15.3. The number of likely N-dealkylation sites (tertiary alicyclic amines) is 1. The fourth-order valence-electron chi connectivity index (χ4n) is 2.35. The van der Waals surface area contributed by atoms with Crippen LogP contribution in [0.15, 0.2) is 24.7 Å². The van der Waals surface area contributed by atoms with Crippen LogP contribution in [0.25, 0.3) is 16.6 Å². The maximum absolute atomic E-state index is 12.2. The van der Waals surface area contributed by atoms with E-state index in [9.17, 15) is 4.79 Å². The van der Waals surface area contributed by atoms with Gasteiger partial charge in [-0.1, -0.05) is 0 Å². The number of aromatic amines is 1. The molecule has 6 nitrogen and oxygen atoms in total. The molecular formula is C14H17N5O. The van der Waals surface area contributed by atoms with Crippen LogP contribution in [0.5, 0.6) is 0 Å². The fraction of sp³-hybridized carbons (Fsp3) is 0.286. The smallest absolute Gasteiger partial charge is 0.255 e. The van der Waals surface area contributed by atoms with Gasteiger partial charge in [-0.25, -0.2) is 4.98 Å². The quantitative estimate of drug-likeness (QED) is 0.579. The number of fused-ring (bicyclic) bond motifs is 1. The Morgan fingerprint density at radius 2 is 2.35 bits per heavy atom. The molecule has 20 heavy (non-hydrogen) atoms. The number of pyridine rings is 1. The SMILES string of the molecule is C/C(=C\NN)c1c[nH]c2ncc(C(=O)N3CCC3)cc12. The molecular weight excluding hydrogens is 254 g/mol. The molecule has 1 fully saturated rings. The van der Waals surface area contributed by atoms with E-state index in [2.05, 4.69) is 15.4 Å². The summed E-state index contributed by atoms with van der Waals surface area (Å²) in [4.78, 5) is 21.5. The summed E-state index contributed by atoms with van der Waals surface area (Å²) in [6, 6.07) is 1.89. The first-order chi connectivity index (χ1) is 9.70. The van der Waals surface area contributed by atoms with E-state index in [-0.39, 0.29) is 5.91 Å². The molecule has 1 amide bonds. The summed E-state index contributed by atoms with van der Waals surface area (Å²) in [7, 11) is 0. The molecule has 1 aliphatic rings. The number of hydrogen-bond donors (Lipinski definition) is 3. The fourth-order valence-corrected chi connectivity index (χ4v) is 2.35. The van der Waals surface area contributed by atoms with E-state index in [0.717, 1.165) is 41.7 Å². The molecule has 0 spiro atoms. The Labute approximate surface area is 116 Å². The zero-order valence-corrected chi connectivity index (χ0v) is 11.3. The number of carbonyl (C=O) groups excluding carboxylic acids is 1. The summed E-state index contributed by atoms with van der Waals surface area (Å²) in [5.41, 5.74) is 5.89. The molecule has 1 aliphatic heterocycles. The second-order valence-electron chi connectivity index (χ2n) is 4.96. The summed E-state index contributed by atoms with van der Waals surface area (Å²) in [5.74, 6) is 5.36. The Balaban J connectivity index is 2.02. The third-order valence-electron chi connectivity index (χ3n) is 3.65. The van der Waals surface area contributed by atoms with Crippen LogP contribution in [-0.2, 0) is 0 Å². The van der Waals surface area contributed by atoms with E-state index in [0.29, 0.717) is 5.56 Å². The monoisotopic (exact) mass is 271 g/mol. The van der Waals surface area contributed by atoms with Crippen LogP contribution >= 0.6 is 0 Å². The average Bonchev–Trinajstić information content (AvgIpc) is 2.79. The number of nitrogens with one attached hydrogen (secondary N) is 2. The molecule has 2 aromatic rings. The van der Waals surface area contributed by atoms with Crippen molar-refractivity contribution in [2.45, 2.75) is 13.3 Å². The average molecular weight is 271 g/mol. The number of H-pyrrole nitrogens is 1. The van der Waals surface area contributed by atoms with Crippen molar-refractivity contribution < 1.29 is 4.79 Å². The molecule has 2 aromatic heterocycles. The lowest BCUT2D eigenvalue weighted by atomic mass is 10.1. The van der Waals surface area contributed by atoms with Crippen molar-refractivity contribution >= 4 is 22.5 Å². The minimum Gasteiger partial charge on any atom is -0.346 e. The summed E-state index contributed by atoms with van der Waals surface area (Å²) in [6.45, 7) is 3.63. The predicted molar refractivity (Wildman–Crippen MR) is 77.6 cm³/mol. The van der Waals surface area contributed by atoms with E-state index in [1.165, 1.54) is 0 Å². The number of amides is 1. The molecule has 0 unspecified atom stereocenters. The molecule has 104 valence electrons. The molecule has 3 rings (SSSR count). The maximum Gasteiger partial charge on any atom is 0.255 e. The van der Waals surface area contributed by atoms with Crippen molar-refractivity contribution in [3.63, 3.8) is 0 Å². The van der Waals surface area contributed by atoms with Gasteiger partial charge in [-0.05, 0) is 25.0 Å². The molecule has 6 heteroatoms. The Morgan fingerprint density at radius 1 is 1.55 bits per heavy atom. The Bertz CT molecular complexity index is 684. The third-order valence-corrected chi connectivity index (χ3v) is 3.65. The highest BCUT2D eigenvalue weighted by atomic mass is 16.2. The lowest BCUT2D eigenvalue weighted by Gasteiger charge is -2.30. The van der Waals surface area contributed by atoms with E-state index < -0.39 is 0 Å². The van der Waals surface area contributed by atoms with Gasteiger partial charge in [0.15, 0.2) is 0 Å². The van der Waals surface area contributed by atoms with Crippen LogP contribution in [0.1, 0.15) is 29.3 Å². The number of hydrogen-bond acceptors (Lipinski definition) is 4. The predicted octanol–water partition coefficient (Wildman–Crippen LogP) is 1.23. The molecule has 3 heterocycles. The Hall–Kier alpha value is -2.34. The minimum atomic E-state index is 0.0522. The van der Waals surface area contributed by atoms with Gasteiger partial charge in [-0.3, -0.25) is 10.6 Å². The first kappa shape index (κ1) is 12.7. The van der Waals surface area contributed by atoms with Gasteiger partial charge in [-0.2, -0.15) is 0 Å². The standard InChI is InChI=1S/C14H17N5O/c1-9(6-18-15)12-8-17-13-11(12)5-10(7-16-13)14(20)19-3-2-4-19/h5-8,18H,2-4,15H2,1H3,(H,16,17)/b9-6+. The van der Waals surface area contributed by atoms with Crippen LogP contribution in [0.2, 0.25) is 0 Å². The molecule has 0 aromatic carbocycles. The van der Waals surface area contributed by atoms with Gasteiger partial charge in [0.2, 0.25) is 0 Å². The number of allylic oxidation sites excluding steroid dienone is 1. The van der Waals surface area contributed by atoms with Gasteiger partial charge in [0.25, 0.3) is 5.91 Å². The number of rotatable bonds is 3. The first-order valence-corrected chi connectivity index (χ1v) is 6.60. The van der Waals surface area contributed by atoms with Crippen LogP contribution in [0.3, 0.4) is 0 Å². The van der Waals surface area contributed by atoms with Crippen molar-refractivity contribution in [1.29, 1.82) is 0 Å². The molecule has 0 atom stereocenters. The number of hydrazine groups is 1. The second kappa shape index (κ2) is 4.97. The number of carbonyl (C=O) groups is 1. The topological polar surface area (TPSA) is 87.0 Å². The van der Waals surface area contributed by atoms with Gasteiger partial charge in [0, 0.05) is 42.6 Å². The Kier molecular flexibility index (Phi) is 3.15. The summed E-state index contributed by atoms with van der Waals surface area (Å²) < 4.78 is 0. The summed E-state index contributed by atoms with van der Waals surface area (Å²) >= 11 is 0. The third kappa shape index (κ3) is 2.04.